The molecule has 0 aliphatic carbocycles. The Morgan fingerprint density at radius 3 is 1.52 bits per heavy atom. The second-order valence-electron chi connectivity index (χ2n) is 6.67. The smallest absolute Gasteiger partial charge is 0.338 e. The number of nitrogen functional groups attached to an aromatic ring is 2. The quantitative estimate of drug-likeness (QED) is 0.357. The minimum atomic E-state index is -0.575. The lowest BCUT2D eigenvalue weighted by Gasteiger charge is -2.12. The Kier molecular flexibility index (Phi) is 6.51. The van der Waals surface area contributed by atoms with Gasteiger partial charge in [0.15, 0.2) is 0 Å². The van der Waals surface area contributed by atoms with Gasteiger partial charge in [0.1, 0.15) is 0 Å². The van der Waals surface area contributed by atoms with Crippen LogP contribution in [0.5, 0.6) is 0 Å². The zero-order chi connectivity index (χ0) is 22.4. The summed E-state index contributed by atoms with van der Waals surface area (Å²) in [4.78, 5) is 37.4. The van der Waals surface area contributed by atoms with Crippen LogP contribution in [0, 0.1) is 0 Å². The van der Waals surface area contributed by atoms with Gasteiger partial charge in [0.05, 0.1) is 12.2 Å². The number of esters is 1. The molecule has 6 N–H and O–H groups in total. The zero-order valence-electron chi connectivity index (χ0n) is 16.8. The third-order valence-corrected chi connectivity index (χ3v) is 4.31. The molecule has 8 nitrogen and oxygen atoms in total. The summed E-state index contributed by atoms with van der Waals surface area (Å²) in [5.74, 6) is -1.36. The number of anilines is 4. The monoisotopic (exact) mass is 418 g/mol. The summed E-state index contributed by atoms with van der Waals surface area (Å²) in [5, 5.41) is 5.44. The van der Waals surface area contributed by atoms with E-state index in [1.807, 2.05) is 0 Å². The van der Waals surface area contributed by atoms with E-state index in [4.69, 9.17) is 16.2 Å². The van der Waals surface area contributed by atoms with Gasteiger partial charge in [0.2, 0.25) is 0 Å². The fraction of sp³-hybridized carbons (Fsp3) is 0.0870. The molecule has 0 saturated heterocycles. The van der Waals surface area contributed by atoms with E-state index in [0.29, 0.717) is 33.9 Å². The Bertz CT molecular complexity index is 1030. The van der Waals surface area contributed by atoms with Crippen LogP contribution < -0.4 is 22.1 Å². The summed E-state index contributed by atoms with van der Waals surface area (Å²) in [7, 11) is 0. The molecule has 31 heavy (non-hydrogen) atoms. The van der Waals surface area contributed by atoms with E-state index >= 15 is 0 Å². The SMILES string of the molecule is CCOC(=O)c1cc(NC(=O)c2ccc(N)cc2)cc(NC(=O)c2ccc(N)cc2)c1. The fourth-order valence-electron chi connectivity index (χ4n) is 2.78. The average molecular weight is 418 g/mol. The Morgan fingerprint density at radius 2 is 1.13 bits per heavy atom. The van der Waals surface area contributed by atoms with Crippen molar-refractivity contribution >= 4 is 40.5 Å². The van der Waals surface area contributed by atoms with E-state index in [9.17, 15) is 14.4 Å². The highest BCUT2D eigenvalue weighted by Crippen LogP contribution is 2.22. The van der Waals surface area contributed by atoms with Gasteiger partial charge in [-0.1, -0.05) is 0 Å². The first kappa shape index (κ1) is 21.4. The average Bonchev–Trinajstić information content (AvgIpc) is 2.74. The summed E-state index contributed by atoms with van der Waals surface area (Å²) in [5.41, 5.74) is 14.0. The van der Waals surface area contributed by atoms with E-state index in [1.54, 1.807) is 61.5 Å². The van der Waals surface area contributed by atoms with E-state index in [1.165, 1.54) is 12.1 Å². The number of ether oxygens (including phenoxy) is 1. The first-order valence-electron chi connectivity index (χ1n) is 9.51. The summed E-state index contributed by atoms with van der Waals surface area (Å²) >= 11 is 0. The molecule has 0 bridgehead atoms. The maximum absolute atomic E-state index is 12.6. The number of amides is 2. The van der Waals surface area contributed by atoms with Crippen LogP contribution in [-0.4, -0.2) is 24.4 Å². The zero-order valence-corrected chi connectivity index (χ0v) is 16.8. The molecule has 0 aliphatic rings. The highest BCUT2D eigenvalue weighted by atomic mass is 16.5. The van der Waals surface area contributed by atoms with Gasteiger partial charge >= 0.3 is 5.97 Å². The number of benzene rings is 3. The van der Waals surface area contributed by atoms with Crippen molar-refractivity contribution in [2.24, 2.45) is 0 Å². The van der Waals surface area contributed by atoms with Crippen molar-refractivity contribution in [2.75, 3.05) is 28.7 Å². The van der Waals surface area contributed by atoms with Gasteiger partial charge in [-0.2, -0.15) is 0 Å². The van der Waals surface area contributed by atoms with Crippen LogP contribution in [0.25, 0.3) is 0 Å². The molecule has 0 atom stereocenters. The summed E-state index contributed by atoms with van der Waals surface area (Å²) in [6.07, 6.45) is 0. The summed E-state index contributed by atoms with van der Waals surface area (Å²) < 4.78 is 5.05. The maximum Gasteiger partial charge on any atom is 0.338 e. The molecule has 0 radical (unpaired) electrons. The summed E-state index contributed by atoms with van der Waals surface area (Å²) in [6, 6.07) is 17.3. The minimum absolute atomic E-state index is 0.185. The lowest BCUT2D eigenvalue weighted by Crippen LogP contribution is -2.16. The molecule has 0 aromatic heterocycles. The topological polar surface area (TPSA) is 137 Å². The van der Waals surface area contributed by atoms with Gasteiger partial charge in [-0.05, 0) is 73.7 Å². The van der Waals surface area contributed by atoms with Gasteiger partial charge in [-0.25, -0.2) is 4.79 Å². The van der Waals surface area contributed by atoms with E-state index in [2.05, 4.69) is 10.6 Å². The first-order valence-corrected chi connectivity index (χ1v) is 9.51. The van der Waals surface area contributed by atoms with Crippen molar-refractivity contribution in [1.82, 2.24) is 0 Å². The molecule has 8 heteroatoms. The van der Waals surface area contributed by atoms with E-state index in [-0.39, 0.29) is 12.2 Å². The van der Waals surface area contributed by atoms with Gasteiger partial charge in [0, 0.05) is 33.9 Å². The van der Waals surface area contributed by atoms with Crippen molar-refractivity contribution in [3.8, 4) is 0 Å². The Hall–Kier alpha value is -4.33. The third-order valence-electron chi connectivity index (χ3n) is 4.31. The predicted octanol–water partition coefficient (Wildman–Crippen LogP) is 3.53. The number of rotatable bonds is 6. The van der Waals surface area contributed by atoms with Crippen molar-refractivity contribution in [1.29, 1.82) is 0 Å². The lowest BCUT2D eigenvalue weighted by molar-refractivity contribution is 0.0526. The van der Waals surface area contributed by atoms with Crippen LogP contribution in [0.4, 0.5) is 22.7 Å². The third kappa shape index (κ3) is 5.60. The van der Waals surface area contributed by atoms with Crippen molar-refractivity contribution < 1.29 is 19.1 Å². The molecule has 3 rings (SSSR count). The maximum atomic E-state index is 12.6. The molecular formula is C23H22N4O4. The molecule has 0 heterocycles. The van der Waals surface area contributed by atoms with Crippen LogP contribution in [-0.2, 0) is 4.74 Å². The van der Waals surface area contributed by atoms with Crippen LogP contribution in [0.3, 0.4) is 0 Å². The number of nitrogens with two attached hydrogens (primary N) is 2. The van der Waals surface area contributed by atoms with E-state index < -0.39 is 17.8 Å². The Balaban J connectivity index is 1.87. The molecule has 0 aliphatic heterocycles. The molecule has 0 fully saturated rings. The number of hydrogen-bond acceptors (Lipinski definition) is 6. The van der Waals surface area contributed by atoms with Gasteiger partial charge in [-0.15, -0.1) is 0 Å². The normalized spacial score (nSPS) is 10.2. The van der Waals surface area contributed by atoms with Crippen LogP contribution in [0.15, 0.2) is 66.7 Å². The molecule has 158 valence electrons. The Labute approximate surface area is 179 Å². The van der Waals surface area contributed by atoms with Gasteiger partial charge < -0.3 is 26.8 Å². The lowest BCUT2D eigenvalue weighted by atomic mass is 10.1. The van der Waals surface area contributed by atoms with Crippen LogP contribution in [0.1, 0.15) is 38.0 Å². The Morgan fingerprint density at radius 1 is 0.710 bits per heavy atom. The molecule has 3 aromatic rings. The van der Waals surface area contributed by atoms with Gasteiger partial charge in [-0.3, -0.25) is 9.59 Å². The van der Waals surface area contributed by atoms with E-state index in [0.717, 1.165) is 0 Å². The molecule has 0 spiro atoms. The first-order chi connectivity index (χ1) is 14.9. The highest BCUT2D eigenvalue weighted by molar-refractivity contribution is 6.07. The molecule has 0 unspecified atom stereocenters. The number of carbonyl (C=O) groups excluding carboxylic acids is 3. The molecule has 3 aromatic carbocycles. The minimum Gasteiger partial charge on any atom is -0.462 e. The predicted molar refractivity (Wildman–Crippen MR) is 120 cm³/mol. The molecule has 2 amide bonds. The van der Waals surface area contributed by atoms with Gasteiger partial charge in [0.25, 0.3) is 11.8 Å². The fourth-order valence-corrected chi connectivity index (χ4v) is 2.78. The standard InChI is InChI=1S/C23H22N4O4/c1-2-31-23(30)16-11-19(26-21(28)14-3-7-17(24)8-4-14)13-20(12-16)27-22(29)15-5-9-18(25)10-6-15/h3-13H,2,24-25H2,1H3,(H,26,28)(H,27,29). The molecule has 0 saturated carbocycles. The van der Waals surface area contributed by atoms with Crippen molar-refractivity contribution in [3.05, 3.63) is 83.4 Å². The second kappa shape index (κ2) is 9.45. The number of carbonyl (C=O) groups is 3. The summed E-state index contributed by atoms with van der Waals surface area (Å²) in [6.45, 7) is 1.88. The highest BCUT2D eigenvalue weighted by Gasteiger charge is 2.14. The van der Waals surface area contributed by atoms with Crippen LogP contribution >= 0.6 is 0 Å². The largest absolute Gasteiger partial charge is 0.462 e. The number of nitrogens with one attached hydrogen (secondary N) is 2. The second-order valence-corrected chi connectivity index (χ2v) is 6.67. The van der Waals surface area contributed by atoms with Crippen molar-refractivity contribution in [2.45, 2.75) is 6.92 Å². The molecular weight excluding hydrogens is 396 g/mol. The van der Waals surface area contributed by atoms with Crippen LogP contribution in [0.2, 0.25) is 0 Å². The number of hydrogen-bond donors (Lipinski definition) is 4. The van der Waals surface area contributed by atoms with Crippen molar-refractivity contribution in [3.63, 3.8) is 0 Å².